The van der Waals surface area contributed by atoms with Crippen molar-refractivity contribution in [3.8, 4) is 5.75 Å². The van der Waals surface area contributed by atoms with Gasteiger partial charge in [0.15, 0.2) is 6.61 Å². The minimum atomic E-state index is -0.647. The quantitative estimate of drug-likeness (QED) is 0.462. The van der Waals surface area contributed by atoms with Crippen molar-refractivity contribution in [2.45, 2.75) is 32.1 Å². The van der Waals surface area contributed by atoms with Crippen LogP contribution in [0.1, 0.15) is 41.8 Å². The lowest BCUT2D eigenvalue weighted by atomic mass is 9.97. The first-order valence-electron chi connectivity index (χ1n) is 9.07. The minimum absolute atomic E-state index is 0.215. The zero-order valence-corrected chi connectivity index (χ0v) is 17.8. The molecule has 1 heterocycles. The van der Waals surface area contributed by atoms with Gasteiger partial charge < -0.3 is 14.8 Å². The topological polar surface area (TPSA) is 64.6 Å². The molecule has 0 unspecified atom stereocenters. The Balaban J connectivity index is 1.55. The third-order valence-electron chi connectivity index (χ3n) is 4.59. The number of allylic oxidation sites excluding steroid dienone is 1. The van der Waals surface area contributed by atoms with Crippen molar-refractivity contribution in [2.75, 3.05) is 20.3 Å². The minimum Gasteiger partial charge on any atom is -0.495 e. The number of thiophene rings is 1. The molecule has 0 saturated carbocycles. The normalized spacial score (nSPS) is 13.9. The molecule has 0 aliphatic heterocycles. The van der Waals surface area contributed by atoms with E-state index < -0.39 is 5.97 Å². The van der Waals surface area contributed by atoms with Crippen LogP contribution >= 0.6 is 34.5 Å². The number of ether oxygens (including phenoxy) is 2. The fourth-order valence-corrected chi connectivity index (χ4v) is 4.89. The number of rotatable bonds is 7. The Morgan fingerprint density at radius 2 is 2.04 bits per heavy atom. The van der Waals surface area contributed by atoms with E-state index in [4.69, 9.17) is 32.7 Å². The van der Waals surface area contributed by atoms with Gasteiger partial charge in [0.25, 0.3) is 5.91 Å². The molecule has 5 nitrogen and oxygen atoms in total. The van der Waals surface area contributed by atoms with Crippen LogP contribution in [0, 0.1) is 0 Å². The van der Waals surface area contributed by atoms with Crippen LogP contribution in [0.4, 0.5) is 0 Å². The predicted molar refractivity (Wildman–Crippen MR) is 113 cm³/mol. The molecule has 28 heavy (non-hydrogen) atoms. The third-order valence-corrected chi connectivity index (χ3v) is 6.79. The van der Waals surface area contributed by atoms with Gasteiger partial charge >= 0.3 is 5.97 Å². The van der Waals surface area contributed by atoms with E-state index in [0.29, 0.717) is 27.4 Å². The molecular formula is C20H21Cl2NO4S. The van der Waals surface area contributed by atoms with Crippen molar-refractivity contribution in [2.24, 2.45) is 0 Å². The second kappa shape index (κ2) is 9.63. The molecule has 150 valence electrons. The van der Waals surface area contributed by atoms with Crippen molar-refractivity contribution < 1.29 is 19.1 Å². The zero-order chi connectivity index (χ0) is 20.1. The lowest BCUT2D eigenvalue weighted by Crippen LogP contribution is -2.29. The molecule has 0 fully saturated rings. The van der Waals surface area contributed by atoms with Crippen molar-refractivity contribution in [1.29, 1.82) is 0 Å². The predicted octanol–water partition coefficient (Wildman–Crippen LogP) is 5.38. The van der Waals surface area contributed by atoms with Gasteiger partial charge in [-0.2, -0.15) is 0 Å². The molecule has 0 saturated heterocycles. The van der Waals surface area contributed by atoms with Gasteiger partial charge in [-0.3, -0.25) is 4.79 Å². The van der Waals surface area contributed by atoms with Gasteiger partial charge in [0.05, 0.1) is 16.8 Å². The maximum atomic E-state index is 12.4. The van der Waals surface area contributed by atoms with E-state index in [2.05, 4.69) is 11.4 Å². The van der Waals surface area contributed by atoms with Gasteiger partial charge in [0, 0.05) is 11.9 Å². The number of carbonyl (C=O) groups is 2. The number of nitrogens with one attached hydrogen (secondary N) is 1. The average molecular weight is 442 g/mol. The van der Waals surface area contributed by atoms with Crippen LogP contribution in [-0.4, -0.2) is 32.1 Å². The van der Waals surface area contributed by atoms with Crippen molar-refractivity contribution in [1.82, 2.24) is 5.32 Å². The Bertz CT molecular complexity index is 923. The molecule has 0 radical (unpaired) electrons. The number of hydrogen-bond donors (Lipinski definition) is 1. The van der Waals surface area contributed by atoms with Crippen LogP contribution in [0.5, 0.6) is 5.75 Å². The fourth-order valence-electron chi connectivity index (χ4n) is 3.11. The molecule has 1 aromatic carbocycles. The molecule has 0 atom stereocenters. The van der Waals surface area contributed by atoms with E-state index in [0.717, 1.165) is 30.6 Å². The summed E-state index contributed by atoms with van der Waals surface area (Å²) in [5.41, 5.74) is 1.38. The molecule has 0 bridgehead atoms. The van der Waals surface area contributed by atoms with Crippen LogP contribution in [0.2, 0.25) is 10.0 Å². The first-order chi connectivity index (χ1) is 13.5. The molecule has 1 aliphatic carbocycles. The first-order valence-corrected chi connectivity index (χ1v) is 10.6. The van der Waals surface area contributed by atoms with Gasteiger partial charge in [-0.1, -0.05) is 34.9 Å². The summed E-state index contributed by atoms with van der Waals surface area (Å²) >= 11 is 13.7. The number of amides is 1. The Morgan fingerprint density at radius 1 is 1.21 bits per heavy atom. The summed E-state index contributed by atoms with van der Waals surface area (Å²) in [6, 6.07) is 3.43. The number of fused-ring (bicyclic) bond motifs is 1. The Kier molecular flexibility index (Phi) is 7.21. The Morgan fingerprint density at radius 3 is 2.75 bits per heavy atom. The van der Waals surface area contributed by atoms with Crippen LogP contribution in [-0.2, 0) is 9.53 Å². The molecule has 3 rings (SSSR count). The third kappa shape index (κ3) is 4.80. The lowest BCUT2D eigenvalue weighted by molar-refractivity contribution is -0.124. The zero-order valence-electron chi connectivity index (χ0n) is 15.5. The van der Waals surface area contributed by atoms with Crippen LogP contribution in [0.25, 0.3) is 10.1 Å². The second-order valence-corrected chi connectivity index (χ2v) is 8.26. The highest BCUT2D eigenvalue weighted by atomic mass is 35.5. The molecule has 0 spiro atoms. The largest absolute Gasteiger partial charge is 0.495 e. The van der Waals surface area contributed by atoms with E-state index in [1.54, 1.807) is 12.1 Å². The monoisotopic (exact) mass is 441 g/mol. The number of halogens is 2. The van der Waals surface area contributed by atoms with E-state index in [9.17, 15) is 9.59 Å². The summed E-state index contributed by atoms with van der Waals surface area (Å²) in [6.45, 7) is 0.195. The molecular weight excluding hydrogens is 421 g/mol. The van der Waals surface area contributed by atoms with Gasteiger partial charge in [-0.25, -0.2) is 4.79 Å². The highest BCUT2D eigenvalue weighted by molar-refractivity contribution is 7.22. The Labute approximate surface area is 177 Å². The van der Waals surface area contributed by atoms with Gasteiger partial charge in [0.1, 0.15) is 15.6 Å². The van der Waals surface area contributed by atoms with Crippen LogP contribution in [0.15, 0.2) is 23.8 Å². The molecule has 1 aliphatic rings. The average Bonchev–Trinajstić information content (AvgIpc) is 3.05. The van der Waals surface area contributed by atoms with Crippen LogP contribution in [0.3, 0.4) is 0 Å². The number of hydrogen-bond acceptors (Lipinski definition) is 5. The molecule has 1 aromatic heterocycles. The number of esters is 1. The highest BCUT2D eigenvalue weighted by Gasteiger charge is 2.22. The van der Waals surface area contributed by atoms with Crippen molar-refractivity contribution in [3.05, 3.63) is 38.7 Å². The molecule has 1 amide bonds. The summed E-state index contributed by atoms with van der Waals surface area (Å²) < 4.78 is 10.9. The highest BCUT2D eigenvalue weighted by Crippen LogP contribution is 2.43. The van der Waals surface area contributed by atoms with E-state index in [1.807, 2.05) is 0 Å². The lowest BCUT2D eigenvalue weighted by Gasteiger charge is -2.12. The maximum absolute atomic E-state index is 12.4. The number of methoxy groups -OCH3 is 1. The first kappa shape index (κ1) is 21.0. The number of benzene rings is 1. The molecule has 2 aromatic rings. The summed E-state index contributed by atoms with van der Waals surface area (Å²) in [7, 11) is 1.51. The smallest absolute Gasteiger partial charge is 0.350 e. The van der Waals surface area contributed by atoms with Gasteiger partial charge in [0.2, 0.25) is 0 Å². The van der Waals surface area contributed by atoms with E-state index in [1.165, 1.54) is 25.5 Å². The Hall–Kier alpha value is -1.76. The molecule has 8 heteroatoms. The summed E-state index contributed by atoms with van der Waals surface area (Å²) in [5, 5.41) is 4.08. The summed E-state index contributed by atoms with van der Waals surface area (Å²) in [4.78, 5) is 24.5. The van der Waals surface area contributed by atoms with Gasteiger partial charge in [-0.05, 0) is 44.2 Å². The van der Waals surface area contributed by atoms with Gasteiger partial charge in [-0.15, -0.1) is 11.3 Å². The van der Waals surface area contributed by atoms with E-state index >= 15 is 0 Å². The maximum Gasteiger partial charge on any atom is 0.350 e. The van der Waals surface area contributed by atoms with Crippen molar-refractivity contribution in [3.63, 3.8) is 0 Å². The van der Waals surface area contributed by atoms with E-state index in [-0.39, 0.29) is 22.4 Å². The fraction of sp³-hybridized carbons (Fsp3) is 0.400. The SMILES string of the molecule is COc1ccc2c(Cl)c(C(=O)OCC(=O)NCCC3=CCCCC3)sc2c1Cl. The summed E-state index contributed by atoms with van der Waals surface area (Å²) in [6.07, 6.45) is 7.75. The number of carbonyl (C=O) groups excluding carboxylic acids is 2. The standard InChI is InChI=1S/C20H21Cl2NO4S/c1-26-14-8-7-13-16(21)19(28-18(13)17(14)22)20(25)27-11-15(24)23-10-9-12-5-3-2-4-6-12/h5,7-8H,2-4,6,9-11H2,1H3,(H,23,24). The van der Waals surface area contributed by atoms with Crippen LogP contribution < -0.4 is 10.1 Å². The summed E-state index contributed by atoms with van der Waals surface area (Å²) in [5.74, 6) is -0.479. The molecule has 1 N–H and O–H groups in total. The van der Waals surface area contributed by atoms with Crippen molar-refractivity contribution >= 4 is 56.5 Å². The second-order valence-electron chi connectivity index (χ2n) is 6.49.